The molecule has 0 unspecified atom stereocenters. The zero-order valence-corrected chi connectivity index (χ0v) is 16.3. The molecule has 1 aromatic carbocycles. The van der Waals surface area contributed by atoms with Crippen molar-refractivity contribution in [2.24, 2.45) is 5.73 Å². The van der Waals surface area contributed by atoms with Crippen molar-refractivity contribution in [3.8, 4) is 11.1 Å². The van der Waals surface area contributed by atoms with Crippen LogP contribution in [0.1, 0.15) is 43.5 Å². The van der Waals surface area contributed by atoms with Crippen molar-refractivity contribution in [2.45, 2.75) is 43.6 Å². The third-order valence-electron chi connectivity index (χ3n) is 6.30. The fraction of sp³-hybridized carbons (Fsp3) is 0.429. The van der Waals surface area contributed by atoms with Gasteiger partial charge in [-0.3, -0.25) is 0 Å². The Morgan fingerprint density at radius 2 is 1.69 bits per heavy atom. The Morgan fingerprint density at radius 3 is 2.31 bits per heavy atom. The Labute approximate surface area is 169 Å². The van der Waals surface area contributed by atoms with E-state index in [9.17, 15) is 0 Å². The zero-order chi connectivity index (χ0) is 19.8. The van der Waals surface area contributed by atoms with E-state index >= 15 is 0 Å². The van der Waals surface area contributed by atoms with Gasteiger partial charge >= 0.3 is 6.01 Å². The molecule has 1 saturated heterocycles. The molecule has 8 nitrogen and oxygen atoms in total. The summed E-state index contributed by atoms with van der Waals surface area (Å²) in [4.78, 5) is 15.1. The molecule has 150 valence electrons. The highest BCUT2D eigenvalue weighted by Gasteiger charge is 2.44. The van der Waals surface area contributed by atoms with Gasteiger partial charge < -0.3 is 20.9 Å². The van der Waals surface area contributed by atoms with E-state index in [0.717, 1.165) is 62.1 Å². The molecule has 0 atom stereocenters. The number of nitrogens with two attached hydrogens (primary N) is 2. The first-order chi connectivity index (χ1) is 14.1. The molecule has 3 aromatic rings. The predicted octanol–water partition coefficient (Wildman–Crippen LogP) is 2.51. The van der Waals surface area contributed by atoms with E-state index in [-0.39, 0.29) is 17.4 Å². The normalized spacial score (nSPS) is 19.1. The van der Waals surface area contributed by atoms with Gasteiger partial charge in [-0.25, -0.2) is 9.97 Å². The largest absolute Gasteiger partial charge is 0.368 e. The molecule has 2 aromatic heterocycles. The summed E-state index contributed by atoms with van der Waals surface area (Å²) in [5.41, 5.74) is 14.7. The number of hydrogen-bond acceptors (Lipinski definition) is 8. The molecule has 8 heteroatoms. The molecule has 0 amide bonds. The highest BCUT2D eigenvalue weighted by molar-refractivity contribution is 5.62. The number of hydrogen-bond donors (Lipinski definition) is 2. The lowest BCUT2D eigenvalue weighted by Crippen LogP contribution is -2.40. The molecule has 4 N–H and O–H groups in total. The average Bonchev–Trinajstić information content (AvgIpc) is 3.19. The topological polar surface area (TPSA) is 120 Å². The lowest BCUT2D eigenvalue weighted by atomic mass is 9.64. The fourth-order valence-corrected chi connectivity index (χ4v) is 4.27. The lowest BCUT2D eigenvalue weighted by molar-refractivity contribution is 0.272. The van der Waals surface area contributed by atoms with Crippen molar-refractivity contribution in [1.29, 1.82) is 0 Å². The Bertz CT molecular complexity index is 971. The van der Waals surface area contributed by atoms with Gasteiger partial charge in [0.1, 0.15) is 0 Å². The highest BCUT2D eigenvalue weighted by Crippen LogP contribution is 2.48. The molecule has 0 radical (unpaired) electrons. The van der Waals surface area contributed by atoms with Crippen LogP contribution in [0, 0.1) is 0 Å². The first-order valence-electron chi connectivity index (χ1n) is 10.2. The van der Waals surface area contributed by atoms with Crippen molar-refractivity contribution in [1.82, 2.24) is 20.1 Å². The van der Waals surface area contributed by atoms with Crippen molar-refractivity contribution < 1.29 is 4.52 Å². The minimum Gasteiger partial charge on any atom is -0.368 e. The van der Waals surface area contributed by atoms with Crippen LogP contribution in [0.4, 0.5) is 12.0 Å². The van der Waals surface area contributed by atoms with Gasteiger partial charge in [0.25, 0.3) is 0 Å². The van der Waals surface area contributed by atoms with E-state index in [0.29, 0.717) is 6.01 Å². The monoisotopic (exact) mass is 391 g/mol. The molecule has 0 spiro atoms. The minimum atomic E-state index is -0.163. The van der Waals surface area contributed by atoms with Crippen LogP contribution >= 0.6 is 0 Å². The van der Waals surface area contributed by atoms with Gasteiger partial charge in [-0.05, 0) is 36.8 Å². The van der Waals surface area contributed by atoms with Gasteiger partial charge in [-0.15, -0.1) is 0 Å². The summed E-state index contributed by atoms with van der Waals surface area (Å²) in [6.45, 7) is 1.74. The van der Waals surface area contributed by atoms with Crippen LogP contribution in [0.25, 0.3) is 11.1 Å². The molecule has 1 aliphatic carbocycles. The minimum absolute atomic E-state index is 0.163. The standard InChI is InChI=1S/C21H25N7O/c22-17-6-10-28(11-7-17)20-26-18(27-29-20)21(8-1-9-21)16-4-2-14(3-5-16)15-12-24-19(23)25-13-15/h2-5,12-13,17H,1,6-11,22H2,(H2,23,24,25). The van der Waals surface area contributed by atoms with E-state index in [1.807, 2.05) is 0 Å². The molecule has 29 heavy (non-hydrogen) atoms. The van der Waals surface area contributed by atoms with Crippen LogP contribution in [0.2, 0.25) is 0 Å². The zero-order valence-electron chi connectivity index (χ0n) is 16.3. The van der Waals surface area contributed by atoms with E-state index in [2.05, 4.69) is 44.3 Å². The van der Waals surface area contributed by atoms with E-state index in [4.69, 9.17) is 21.0 Å². The first kappa shape index (κ1) is 18.1. The van der Waals surface area contributed by atoms with Gasteiger partial charge in [0.2, 0.25) is 5.95 Å². The Hall–Kier alpha value is -3.00. The van der Waals surface area contributed by atoms with Crippen molar-refractivity contribution >= 4 is 12.0 Å². The third-order valence-corrected chi connectivity index (χ3v) is 6.30. The summed E-state index contributed by atoms with van der Waals surface area (Å²) in [6, 6.07) is 9.39. The van der Waals surface area contributed by atoms with Gasteiger partial charge in [0.15, 0.2) is 5.82 Å². The molecular weight excluding hydrogens is 366 g/mol. The summed E-state index contributed by atoms with van der Waals surface area (Å²) < 4.78 is 5.64. The summed E-state index contributed by atoms with van der Waals surface area (Å²) in [5.74, 6) is 1.07. The second-order valence-electron chi connectivity index (χ2n) is 8.07. The van der Waals surface area contributed by atoms with E-state index in [1.165, 1.54) is 5.56 Å². The number of aromatic nitrogens is 4. The molecule has 2 fully saturated rings. The molecule has 1 saturated carbocycles. The second-order valence-corrected chi connectivity index (χ2v) is 8.07. The van der Waals surface area contributed by atoms with Gasteiger partial charge in [-0.2, -0.15) is 4.98 Å². The maximum atomic E-state index is 6.01. The molecule has 2 aliphatic rings. The van der Waals surface area contributed by atoms with Crippen molar-refractivity contribution in [2.75, 3.05) is 23.7 Å². The maximum absolute atomic E-state index is 6.01. The smallest absolute Gasteiger partial charge is 0.324 e. The third kappa shape index (κ3) is 3.23. The molecular formula is C21H25N7O. The van der Waals surface area contributed by atoms with Crippen LogP contribution in [-0.4, -0.2) is 39.2 Å². The second kappa shape index (κ2) is 7.11. The van der Waals surface area contributed by atoms with E-state index < -0.39 is 0 Å². The lowest BCUT2D eigenvalue weighted by Gasteiger charge is -2.39. The number of nitrogen functional groups attached to an aromatic ring is 1. The van der Waals surface area contributed by atoms with E-state index in [1.54, 1.807) is 12.4 Å². The number of piperidine rings is 1. The predicted molar refractivity (Wildman–Crippen MR) is 110 cm³/mol. The molecule has 1 aliphatic heterocycles. The summed E-state index contributed by atoms with van der Waals surface area (Å²) in [5, 5.41) is 4.38. The summed E-state index contributed by atoms with van der Waals surface area (Å²) in [6.07, 6.45) is 8.62. The van der Waals surface area contributed by atoms with Gasteiger partial charge in [-0.1, -0.05) is 35.8 Å². The Kier molecular flexibility index (Phi) is 4.43. The molecule has 5 rings (SSSR count). The fourth-order valence-electron chi connectivity index (χ4n) is 4.27. The number of benzene rings is 1. The maximum Gasteiger partial charge on any atom is 0.324 e. The van der Waals surface area contributed by atoms with Gasteiger partial charge in [0, 0.05) is 37.1 Å². The molecule has 3 heterocycles. The first-order valence-corrected chi connectivity index (χ1v) is 10.2. The van der Waals surface area contributed by atoms with Crippen LogP contribution < -0.4 is 16.4 Å². The number of rotatable bonds is 4. The van der Waals surface area contributed by atoms with Crippen LogP contribution in [0.15, 0.2) is 41.2 Å². The quantitative estimate of drug-likeness (QED) is 0.696. The van der Waals surface area contributed by atoms with Gasteiger partial charge in [0.05, 0.1) is 5.41 Å². The summed E-state index contributed by atoms with van der Waals surface area (Å²) in [7, 11) is 0. The average molecular weight is 391 g/mol. The molecule has 0 bridgehead atoms. The van der Waals surface area contributed by atoms with Crippen molar-refractivity contribution in [3.05, 3.63) is 48.0 Å². The number of nitrogens with zero attached hydrogens (tertiary/aromatic N) is 5. The summed E-state index contributed by atoms with van der Waals surface area (Å²) >= 11 is 0. The van der Waals surface area contributed by atoms with Crippen LogP contribution in [0.3, 0.4) is 0 Å². The Balaban J connectivity index is 1.40. The van der Waals surface area contributed by atoms with Crippen LogP contribution in [-0.2, 0) is 5.41 Å². The van der Waals surface area contributed by atoms with Crippen molar-refractivity contribution in [3.63, 3.8) is 0 Å². The number of anilines is 2. The highest BCUT2D eigenvalue weighted by atomic mass is 16.5. The van der Waals surface area contributed by atoms with Crippen LogP contribution in [0.5, 0.6) is 0 Å². The Morgan fingerprint density at radius 1 is 1.00 bits per heavy atom. The SMILES string of the molecule is Nc1ncc(-c2ccc(C3(c4noc(N5CCC(N)CC5)n4)CCC3)cc2)cn1.